The molecule has 0 bridgehead atoms. The Balaban J connectivity index is 0.000000679. The van der Waals surface area contributed by atoms with Crippen molar-refractivity contribution < 1.29 is 37.4 Å². The molecule has 3 aromatic rings. The van der Waals surface area contributed by atoms with E-state index < -0.39 is 18.2 Å². The molecule has 4 N–H and O–H groups in total. The van der Waals surface area contributed by atoms with Crippen molar-refractivity contribution in [2.24, 2.45) is 5.92 Å². The molecule has 2 aliphatic heterocycles. The number of amides is 2. The van der Waals surface area contributed by atoms with E-state index in [0.717, 1.165) is 44.1 Å². The number of piperidine rings is 1. The molecule has 2 amide bonds. The second kappa shape index (κ2) is 17.2. The molecular formula is C36H37ClF3N7O5. The first kappa shape index (κ1) is 37.9. The van der Waals surface area contributed by atoms with Gasteiger partial charge in [0.05, 0.1) is 16.7 Å². The molecule has 2 fully saturated rings. The number of aliphatic carboxylic acids is 1. The highest BCUT2D eigenvalue weighted by molar-refractivity contribution is 6.32. The first-order valence-corrected chi connectivity index (χ1v) is 17.2. The lowest BCUT2D eigenvalue weighted by Gasteiger charge is -2.33. The van der Waals surface area contributed by atoms with E-state index in [2.05, 4.69) is 32.0 Å². The van der Waals surface area contributed by atoms with Crippen molar-refractivity contribution in [3.8, 4) is 11.8 Å². The molecule has 3 aliphatic rings. The van der Waals surface area contributed by atoms with Crippen LogP contribution in [0, 0.1) is 17.2 Å². The van der Waals surface area contributed by atoms with Gasteiger partial charge in [-0.2, -0.15) is 18.4 Å². The number of aromatic nitrogens is 2. The van der Waals surface area contributed by atoms with Crippen molar-refractivity contribution in [2.45, 2.75) is 63.3 Å². The number of likely N-dealkylation sites (tertiary alicyclic amines) is 1. The molecule has 12 nitrogen and oxygen atoms in total. The van der Waals surface area contributed by atoms with Gasteiger partial charge in [0.15, 0.2) is 0 Å². The fourth-order valence-electron chi connectivity index (χ4n) is 6.19. The molecule has 16 heteroatoms. The van der Waals surface area contributed by atoms with Crippen molar-refractivity contribution in [1.82, 2.24) is 20.2 Å². The van der Waals surface area contributed by atoms with Crippen LogP contribution in [0.5, 0.6) is 5.75 Å². The number of rotatable bonds is 8. The minimum atomic E-state index is -5.08. The van der Waals surface area contributed by atoms with Crippen LogP contribution < -0.4 is 20.7 Å². The Labute approximate surface area is 303 Å². The van der Waals surface area contributed by atoms with E-state index in [-0.39, 0.29) is 17.9 Å². The zero-order chi connectivity index (χ0) is 37.3. The first-order valence-electron chi connectivity index (χ1n) is 16.8. The zero-order valence-corrected chi connectivity index (χ0v) is 28.7. The predicted octanol–water partition coefficient (Wildman–Crippen LogP) is 6.65. The summed E-state index contributed by atoms with van der Waals surface area (Å²) in [6.07, 6.45) is 4.47. The second-order valence-corrected chi connectivity index (χ2v) is 12.9. The zero-order valence-electron chi connectivity index (χ0n) is 28.0. The van der Waals surface area contributed by atoms with Gasteiger partial charge in [0, 0.05) is 49.7 Å². The maximum Gasteiger partial charge on any atom is 0.490 e. The van der Waals surface area contributed by atoms with Crippen LogP contribution in [0.1, 0.15) is 62.1 Å². The highest BCUT2D eigenvalue weighted by Crippen LogP contribution is 2.34. The van der Waals surface area contributed by atoms with Gasteiger partial charge in [-0.25, -0.2) is 14.8 Å². The van der Waals surface area contributed by atoms with Crippen LogP contribution in [0.4, 0.5) is 30.5 Å². The normalized spacial score (nSPS) is 16.8. The molecule has 1 unspecified atom stereocenters. The van der Waals surface area contributed by atoms with Crippen molar-refractivity contribution in [3.63, 3.8) is 0 Å². The molecule has 3 heterocycles. The number of carboxylic acids is 1. The number of fused-ring (bicyclic) bond motifs is 1. The number of alkyl halides is 3. The molecule has 6 rings (SSSR count). The van der Waals surface area contributed by atoms with E-state index in [9.17, 15) is 28.0 Å². The number of hydrogen-bond acceptors (Lipinski definition) is 9. The maximum absolute atomic E-state index is 13.3. The highest BCUT2D eigenvalue weighted by Gasteiger charge is 2.38. The fourth-order valence-corrected chi connectivity index (χ4v) is 6.41. The Bertz CT molecular complexity index is 1820. The molecule has 274 valence electrons. The molecule has 0 spiro atoms. The summed E-state index contributed by atoms with van der Waals surface area (Å²) >= 11 is 6.66. The molecule has 1 aliphatic carbocycles. The van der Waals surface area contributed by atoms with Crippen molar-refractivity contribution in [3.05, 3.63) is 76.6 Å². The van der Waals surface area contributed by atoms with E-state index in [4.69, 9.17) is 26.2 Å². The average Bonchev–Trinajstić information content (AvgIpc) is 3.58. The summed E-state index contributed by atoms with van der Waals surface area (Å²) in [6.45, 7) is 1.92. The highest BCUT2D eigenvalue weighted by atomic mass is 35.5. The standard InChI is InChI=1S/C34H36ClN7O3.C2HF3O2/c35-28-19-25(10-11-30(28)45-26-13-16-42(17-14-26)34(44)23-8-4-5-9-23)40-32-27-18-24(12-15-37-31(27)38-21-39-32)33(43)41-29(20-36)22-6-2-1-3-7-22;3-2(4,5)1(6)7/h1-3,6-7,10-11,18-19,21,23,26,29H,4-5,8-9,12-17H2,(H,41,43)(H2,37,38,39,40);(H,6,7). The van der Waals surface area contributed by atoms with Crippen LogP contribution >= 0.6 is 11.6 Å². The number of ether oxygens (including phenoxy) is 1. The summed E-state index contributed by atoms with van der Waals surface area (Å²) in [5, 5.41) is 26.7. The molecule has 52 heavy (non-hydrogen) atoms. The van der Waals surface area contributed by atoms with Gasteiger partial charge in [-0.3, -0.25) is 9.59 Å². The number of hydrogen-bond donors (Lipinski definition) is 4. The van der Waals surface area contributed by atoms with Gasteiger partial charge in [-0.1, -0.05) is 54.8 Å². The SMILES string of the molecule is N#CC(NC(=O)C1=Cc2c(ncnc2Nc2ccc(OC3CCN(C(=O)C4CCCC4)CC3)c(Cl)c2)NCC1)c1ccccc1.O=C(O)C(F)(F)F. The van der Waals surface area contributed by atoms with Crippen LogP contribution in [0.15, 0.2) is 60.4 Å². The molecule has 1 saturated carbocycles. The number of nitriles is 1. The lowest BCUT2D eigenvalue weighted by Crippen LogP contribution is -2.44. The first-order chi connectivity index (χ1) is 24.9. The Morgan fingerprint density at radius 3 is 2.38 bits per heavy atom. The van der Waals surface area contributed by atoms with Crippen LogP contribution in [-0.2, 0) is 14.4 Å². The number of nitrogens with zero attached hydrogens (tertiary/aromatic N) is 4. The van der Waals surface area contributed by atoms with E-state index in [1.54, 1.807) is 12.1 Å². The van der Waals surface area contributed by atoms with Crippen molar-refractivity contribution in [1.29, 1.82) is 5.26 Å². The molecular weight excluding hydrogens is 703 g/mol. The van der Waals surface area contributed by atoms with Gasteiger partial charge in [0.2, 0.25) is 11.8 Å². The third-order valence-electron chi connectivity index (χ3n) is 8.91. The summed E-state index contributed by atoms with van der Waals surface area (Å²) in [6, 6.07) is 16.0. The quantitative estimate of drug-likeness (QED) is 0.196. The number of nitrogens with one attached hydrogen (secondary N) is 3. The van der Waals surface area contributed by atoms with Crippen LogP contribution in [0.2, 0.25) is 5.02 Å². The number of halogens is 4. The average molecular weight is 740 g/mol. The third kappa shape index (κ3) is 9.91. The number of benzene rings is 2. The Hall–Kier alpha value is -5.36. The molecule has 1 atom stereocenters. The van der Waals surface area contributed by atoms with E-state index in [1.807, 2.05) is 47.4 Å². The van der Waals surface area contributed by atoms with Gasteiger partial charge >= 0.3 is 12.1 Å². The minimum Gasteiger partial charge on any atom is -0.489 e. The second-order valence-electron chi connectivity index (χ2n) is 12.5. The number of carboxylic acid groups (broad SMARTS) is 1. The van der Waals surface area contributed by atoms with E-state index >= 15 is 0 Å². The van der Waals surface area contributed by atoms with Gasteiger partial charge < -0.3 is 30.7 Å². The molecule has 1 aromatic heterocycles. The minimum absolute atomic E-state index is 0.00475. The smallest absolute Gasteiger partial charge is 0.489 e. The third-order valence-corrected chi connectivity index (χ3v) is 9.20. The van der Waals surface area contributed by atoms with E-state index in [0.29, 0.717) is 71.2 Å². The maximum atomic E-state index is 13.3. The van der Waals surface area contributed by atoms with Gasteiger partial charge in [-0.05, 0) is 49.1 Å². The molecule has 0 radical (unpaired) electrons. The number of anilines is 3. The molecule has 1 saturated heterocycles. The fraction of sp³-hybridized carbons (Fsp3) is 0.389. The number of carbonyl (C=O) groups excluding carboxylic acids is 2. The Kier molecular flexibility index (Phi) is 12.6. The van der Waals surface area contributed by atoms with Crippen LogP contribution in [0.25, 0.3) is 6.08 Å². The van der Waals surface area contributed by atoms with Gasteiger partial charge in [0.25, 0.3) is 0 Å². The number of carbonyl (C=O) groups is 3. The van der Waals surface area contributed by atoms with Gasteiger partial charge in [-0.15, -0.1) is 0 Å². The largest absolute Gasteiger partial charge is 0.490 e. The summed E-state index contributed by atoms with van der Waals surface area (Å²) in [4.78, 5) is 45.8. The Morgan fingerprint density at radius 2 is 1.75 bits per heavy atom. The predicted molar refractivity (Wildman–Crippen MR) is 187 cm³/mol. The monoisotopic (exact) mass is 739 g/mol. The van der Waals surface area contributed by atoms with Crippen molar-refractivity contribution in [2.75, 3.05) is 30.3 Å². The summed E-state index contributed by atoms with van der Waals surface area (Å²) in [5.74, 6) is -0.885. The lowest BCUT2D eigenvalue weighted by molar-refractivity contribution is -0.192. The summed E-state index contributed by atoms with van der Waals surface area (Å²) in [5.41, 5.74) is 2.55. The lowest BCUT2D eigenvalue weighted by atomic mass is 10.0. The topological polar surface area (TPSA) is 170 Å². The molecule has 2 aromatic carbocycles. The summed E-state index contributed by atoms with van der Waals surface area (Å²) in [7, 11) is 0. The van der Waals surface area contributed by atoms with E-state index in [1.165, 1.54) is 6.33 Å². The van der Waals surface area contributed by atoms with Crippen LogP contribution in [0.3, 0.4) is 0 Å². The van der Waals surface area contributed by atoms with Gasteiger partial charge in [0.1, 0.15) is 35.9 Å². The summed E-state index contributed by atoms with van der Waals surface area (Å²) < 4.78 is 38.0. The Morgan fingerprint density at radius 1 is 1.06 bits per heavy atom. The van der Waals surface area contributed by atoms with Crippen molar-refractivity contribution >= 4 is 52.8 Å². The van der Waals surface area contributed by atoms with Crippen LogP contribution in [-0.4, -0.2) is 69.7 Å².